The monoisotopic (exact) mass is 352 g/mol. The molecule has 0 fully saturated rings. The molecule has 0 aromatic carbocycles. The Kier molecular flexibility index (Phi) is 9.49. The van der Waals surface area contributed by atoms with Gasteiger partial charge < -0.3 is 40.6 Å². The number of ether oxygens (including phenoxy) is 4. The second kappa shape index (κ2) is 10.5. The van der Waals surface area contributed by atoms with Crippen LogP contribution in [0.2, 0.25) is 0 Å². The minimum atomic E-state index is -2.16. The van der Waals surface area contributed by atoms with Crippen molar-refractivity contribution in [2.75, 3.05) is 27.4 Å². The van der Waals surface area contributed by atoms with Crippen LogP contribution in [0.1, 0.15) is 0 Å². The van der Waals surface area contributed by atoms with Gasteiger partial charge in [-0.3, -0.25) is 9.59 Å². The fourth-order valence-corrected chi connectivity index (χ4v) is 1.49. The third-order valence-corrected chi connectivity index (χ3v) is 2.76. The summed E-state index contributed by atoms with van der Waals surface area (Å²) >= 11 is 0. The Balaban J connectivity index is 5.32. The van der Waals surface area contributed by atoms with Gasteiger partial charge in [0.2, 0.25) is 11.8 Å². The summed E-state index contributed by atoms with van der Waals surface area (Å²) in [5.74, 6) is -4.30. The molecule has 0 aliphatic heterocycles. The van der Waals surface area contributed by atoms with Gasteiger partial charge in [-0.25, -0.2) is 9.59 Å². The van der Waals surface area contributed by atoms with Crippen molar-refractivity contribution in [2.45, 2.75) is 24.4 Å². The zero-order valence-electron chi connectivity index (χ0n) is 13.0. The lowest BCUT2D eigenvalue weighted by Gasteiger charge is -2.30. The summed E-state index contributed by atoms with van der Waals surface area (Å²) in [7, 11) is 2.11. The number of hydrogen-bond acceptors (Lipinski definition) is 10. The molecule has 4 atom stereocenters. The molecule has 12 heteroatoms. The number of aliphatic hydroxyl groups is 2. The van der Waals surface area contributed by atoms with Crippen LogP contribution in [0, 0.1) is 0 Å². The first kappa shape index (κ1) is 21.7. The van der Waals surface area contributed by atoms with Crippen molar-refractivity contribution in [3.05, 3.63) is 0 Å². The van der Waals surface area contributed by atoms with Crippen LogP contribution in [0.5, 0.6) is 0 Å². The van der Waals surface area contributed by atoms with Crippen LogP contribution < -0.4 is 11.5 Å². The summed E-state index contributed by atoms with van der Waals surface area (Å²) in [6.45, 7) is -1.52. The molecule has 0 heterocycles. The van der Waals surface area contributed by atoms with Crippen molar-refractivity contribution in [1.29, 1.82) is 0 Å². The molecule has 24 heavy (non-hydrogen) atoms. The van der Waals surface area contributed by atoms with E-state index in [1.807, 2.05) is 0 Å². The predicted octanol–water partition coefficient (Wildman–Crippen LogP) is -4.20. The van der Waals surface area contributed by atoms with E-state index >= 15 is 0 Å². The number of primary amides is 2. The van der Waals surface area contributed by atoms with Crippen LogP contribution in [0.3, 0.4) is 0 Å². The molecule has 138 valence electrons. The van der Waals surface area contributed by atoms with E-state index in [-0.39, 0.29) is 0 Å². The average Bonchev–Trinajstić information content (AvgIpc) is 2.54. The van der Waals surface area contributed by atoms with Gasteiger partial charge in [0.25, 0.3) is 0 Å². The maximum absolute atomic E-state index is 11.5. The molecule has 12 nitrogen and oxygen atoms in total. The summed E-state index contributed by atoms with van der Waals surface area (Å²) in [4.78, 5) is 44.7. The first-order valence-electron chi connectivity index (χ1n) is 6.47. The van der Waals surface area contributed by atoms with Crippen molar-refractivity contribution in [2.24, 2.45) is 11.5 Å². The van der Waals surface area contributed by atoms with Crippen LogP contribution in [-0.2, 0) is 38.1 Å². The van der Waals surface area contributed by atoms with Crippen molar-refractivity contribution < 1.29 is 48.3 Å². The molecule has 0 bridgehead atoms. The van der Waals surface area contributed by atoms with Crippen molar-refractivity contribution in [3.8, 4) is 0 Å². The topological polar surface area (TPSA) is 198 Å². The van der Waals surface area contributed by atoms with E-state index in [4.69, 9.17) is 20.9 Å². The van der Waals surface area contributed by atoms with Crippen LogP contribution in [-0.4, -0.2) is 85.8 Å². The summed E-state index contributed by atoms with van der Waals surface area (Å²) in [5, 5.41) is 19.5. The first-order chi connectivity index (χ1) is 11.1. The van der Waals surface area contributed by atoms with Crippen molar-refractivity contribution in [1.82, 2.24) is 0 Å². The Morgan fingerprint density at radius 1 is 0.875 bits per heavy atom. The highest BCUT2D eigenvalue weighted by atomic mass is 16.6. The number of carbonyl (C=O) groups is 4. The standard InChI is InChI=1S/C12H20N2O10/c1-21-5(15)3-23-9(7(17)8(18)11(13)19)10(12(14)20)24-4-6(16)22-2/h7-10,17-18H,3-4H2,1-2H3,(H2,13,19)(H2,14,20)/t7-,8+,9+,10-/m1/s1. The Bertz CT molecular complexity index is 469. The lowest BCUT2D eigenvalue weighted by molar-refractivity contribution is -0.180. The third kappa shape index (κ3) is 6.87. The normalized spacial score (nSPS) is 15.7. The fourth-order valence-electron chi connectivity index (χ4n) is 1.49. The maximum Gasteiger partial charge on any atom is 0.331 e. The van der Waals surface area contributed by atoms with Gasteiger partial charge in [-0.15, -0.1) is 0 Å². The Hall–Kier alpha value is -2.28. The minimum absolute atomic E-state index is 0.748. The van der Waals surface area contributed by atoms with Gasteiger partial charge in [-0.2, -0.15) is 0 Å². The molecular weight excluding hydrogens is 332 g/mol. The van der Waals surface area contributed by atoms with Gasteiger partial charge in [-0.1, -0.05) is 0 Å². The smallest absolute Gasteiger partial charge is 0.331 e. The van der Waals surface area contributed by atoms with Crippen LogP contribution in [0.4, 0.5) is 0 Å². The largest absolute Gasteiger partial charge is 0.467 e. The van der Waals surface area contributed by atoms with Gasteiger partial charge in [0.15, 0.2) is 12.2 Å². The van der Waals surface area contributed by atoms with Gasteiger partial charge in [0, 0.05) is 0 Å². The highest BCUT2D eigenvalue weighted by Gasteiger charge is 2.40. The Morgan fingerprint density at radius 3 is 1.71 bits per heavy atom. The summed E-state index contributed by atoms with van der Waals surface area (Å²) in [6.07, 6.45) is -7.84. The Morgan fingerprint density at radius 2 is 1.33 bits per heavy atom. The molecule has 2 amide bonds. The molecule has 0 saturated heterocycles. The number of carbonyl (C=O) groups excluding carboxylic acids is 4. The van der Waals surface area contributed by atoms with Gasteiger partial charge >= 0.3 is 11.9 Å². The molecule has 0 spiro atoms. The molecule has 0 aromatic heterocycles. The van der Waals surface area contributed by atoms with Crippen LogP contribution in [0.15, 0.2) is 0 Å². The molecule has 0 radical (unpaired) electrons. The summed E-state index contributed by atoms with van der Waals surface area (Å²) in [6, 6.07) is 0. The fraction of sp³-hybridized carbons (Fsp3) is 0.667. The summed E-state index contributed by atoms with van der Waals surface area (Å²) < 4.78 is 18.5. The second-order valence-electron chi connectivity index (χ2n) is 4.40. The minimum Gasteiger partial charge on any atom is -0.467 e. The third-order valence-electron chi connectivity index (χ3n) is 2.76. The van der Waals surface area contributed by atoms with Crippen molar-refractivity contribution in [3.63, 3.8) is 0 Å². The van der Waals surface area contributed by atoms with E-state index in [2.05, 4.69) is 9.47 Å². The quantitative estimate of drug-likeness (QED) is 0.264. The summed E-state index contributed by atoms with van der Waals surface area (Å²) in [5.41, 5.74) is 9.95. The lowest BCUT2D eigenvalue weighted by atomic mass is 10.0. The number of aliphatic hydroxyl groups excluding tert-OH is 2. The Labute approximate surface area is 136 Å². The number of amides is 2. The zero-order valence-corrected chi connectivity index (χ0v) is 13.0. The van der Waals surface area contributed by atoms with E-state index < -0.39 is 61.4 Å². The SMILES string of the molecule is COC(=O)CO[C@@H]([C@H](O)[C@H](O)C(N)=O)[C@@H](OCC(=O)OC)C(N)=O. The first-order valence-corrected chi connectivity index (χ1v) is 6.47. The van der Waals surface area contributed by atoms with Gasteiger partial charge in [-0.05, 0) is 0 Å². The lowest BCUT2D eigenvalue weighted by Crippen LogP contribution is -2.55. The maximum atomic E-state index is 11.5. The van der Waals surface area contributed by atoms with E-state index in [0.717, 1.165) is 14.2 Å². The number of methoxy groups -OCH3 is 2. The number of nitrogens with two attached hydrogens (primary N) is 2. The molecule has 0 aliphatic rings. The predicted molar refractivity (Wildman–Crippen MR) is 73.9 cm³/mol. The average molecular weight is 352 g/mol. The van der Waals surface area contributed by atoms with E-state index in [9.17, 15) is 29.4 Å². The second-order valence-corrected chi connectivity index (χ2v) is 4.40. The highest BCUT2D eigenvalue weighted by molar-refractivity contribution is 5.82. The molecule has 0 saturated carbocycles. The number of esters is 2. The van der Waals surface area contributed by atoms with E-state index in [1.54, 1.807) is 0 Å². The van der Waals surface area contributed by atoms with Crippen molar-refractivity contribution >= 4 is 23.8 Å². The molecule has 0 aliphatic carbocycles. The van der Waals surface area contributed by atoms with Crippen LogP contribution in [0.25, 0.3) is 0 Å². The van der Waals surface area contributed by atoms with Crippen LogP contribution >= 0.6 is 0 Å². The zero-order chi connectivity index (χ0) is 18.9. The van der Waals surface area contributed by atoms with E-state index in [0.29, 0.717) is 0 Å². The molecule has 0 unspecified atom stereocenters. The highest BCUT2D eigenvalue weighted by Crippen LogP contribution is 2.13. The van der Waals surface area contributed by atoms with Gasteiger partial charge in [0.05, 0.1) is 14.2 Å². The van der Waals surface area contributed by atoms with E-state index in [1.165, 1.54) is 0 Å². The molecule has 0 aromatic rings. The molecular formula is C12H20N2O10. The van der Waals surface area contributed by atoms with Gasteiger partial charge in [0.1, 0.15) is 25.4 Å². The molecule has 6 N–H and O–H groups in total. The number of hydrogen-bond donors (Lipinski definition) is 4. The molecule has 0 rings (SSSR count). The number of rotatable bonds is 11.